The third kappa shape index (κ3) is 3.68. The molecule has 2 heterocycles. The summed E-state index contributed by atoms with van der Waals surface area (Å²) in [5, 5.41) is 8.96. The van der Waals surface area contributed by atoms with Crippen LogP contribution in [0.25, 0.3) is 0 Å². The van der Waals surface area contributed by atoms with Gasteiger partial charge in [0.2, 0.25) is 0 Å². The summed E-state index contributed by atoms with van der Waals surface area (Å²) >= 11 is 0. The van der Waals surface area contributed by atoms with Gasteiger partial charge in [0.1, 0.15) is 18.0 Å². The lowest BCUT2D eigenvalue weighted by atomic mass is 9.88. The van der Waals surface area contributed by atoms with Crippen molar-refractivity contribution in [1.29, 1.82) is 5.26 Å². The minimum Gasteiger partial charge on any atom is -0.360 e. The van der Waals surface area contributed by atoms with Gasteiger partial charge in [0.25, 0.3) is 5.91 Å². The Bertz CT molecular complexity index is 692. The van der Waals surface area contributed by atoms with Crippen LogP contribution in [0.2, 0.25) is 0 Å². The van der Waals surface area contributed by atoms with Gasteiger partial charge in [-0.1, -0.05) is 6.07 Å². The number of carbonyl (C=O) groups is 1. The number of rotatable bonds is 3. The molecule has 2 fully saturated rings. The third-order valence-corrected chi connectivity index (χ3v) is 5.27. The Morgan fingerprint density at radius 3 is 2.76 bits per heavy atom. The van der Waals surface area contributed by atoms with E-state index in [1.165, 1.54) is 6.07 Å². The quantitative estimate of drug-likeness (QED) is 0.843. The summed E-state index contributed by atoms with van der Waals surface area (Å²) in [4.78, 5) is 16.3. The van der Waals surface area contributed by atoms with Crippen molar-refractivity contribution in [3.8, 4) is 6.07 Å². The van der Waals surface area contributed by atoms with Gasteiger partial charge in [0.05, 0.1) is 11.2 Å². The largest absolute Gasteiger partial charge is 0.360 e. The van der Waals surface area contributed by atoms with E-state index < -0.39 is 5.82 Å². The van der Waals surface area contributed by atoms with Gasteiger partial charge in [0.15, 0.2) is 0 Å². The smallest absolute Gasteiger partial charge is 0.251 e. The van der Waals surface area contributed by atoms with Crippen molar-refractivity contribution in [1.82, 2.24) is 9.80 Å². The zero-order valence-corrected chi connectivity index (χ0v) is 14.8. The van der Waals surface area contributed by atoms with E-state index in [0.717, 1.165) is 31.5 Å². The Kier molecular flexibility index (Phi) is 5.07. The minimum atomic E-state index is -0.474. The zero-order chi connectivity index (χ0) is 18.0. The normalized spacial score (nSPS) is 23.7. The van der Waals surface area contributed by atoms with Crippen LogP contribution in [0.1, 0.15) is 37.8 Å². The van der Waals surface area contributed by atoms with E-state index in [4.69, 9.17) is 10.00 Å². The molecule has 1 aromatic carbocycles. The maximum absolute atomic E-state index is 13.4. The van der Waals surface area contributed by atoms with Gasteiger partial charge in [0, 0.05) is 32.7 Å². The molecule has 3 rings (SSSR count). The molecule has 5 nitrogen and oxygen atoms in total. The van der Waals surface area contributed by atoms with E-state index in [0.29, 0.717) is 19.6 Å². The first-order valence-corrected chi connectivity index (χ1v) is 8.84. The van der Waals surface area contributed by atoms with Crippen LogP contribution in [-0.4, -0.2) is 53.6 Å². The van der Waals surface area contributed by atoms with Crippen molar-refractivity contribution in [3.63, 3.8) is 0 Å². The van der Waals surface area contributed by atoms with Crippen molar-refractivity contribution < 1.29 is 13.9 Å². The van der Waals surface area contributed by atoms with Crippen LogP contribution in [-0.2, 0) is 16.1 Å². The van der Waals surface area contributed by atoms with Crippen molar-refractivity contribution in [2.45, 2.75) is 44.9 Å². The maximum atomic E-state index is 13.4. The monoisotopic (exact) mass is 345 g/mol. The third-order valence-electron chi connectivity index (χ3n) is 5.27. The molecule has 1 aromatic rings. The number of nitrogens with zero attached hydrogens (tertiary/aromatic N) is 3. The van der Waals surface area contributed by atoms with Crippen LogP contribution in [0.15, 0.2) is 18.2 Å². The van der Waals surface area contributed by atoms with Crippen LogP contribution < -0.4 is 0 Å². The van der Waals surface area contributed by atoms with Crippen molar-refractivity contribution >= 4 is 5.91 Å². The number of hydrogen-bond acceptors (Lipinski definition) is 4. The molecule has 1 unspecified atom stereocenters. The lowest BCUT2D eigenvalue weighted by Gasteiger charge is -2.49. The zero-order valence-electron chi connectivity index (χ0n) is 14.8. The van der Waals surface area contributed by atoms with Crippen molar-refractivity contribution in [2.24, 2.45) is 0 Å². The van der Waals surface area contributed by atoms with Crippen LogP contribution >= 0.6 is 0 Å². The van der Waals surface area contributed by atoms with Crippen LogP contribution in [0, 0.1) is 17.1 Å². The molecule has 0 aliphatic carbocycles. The molecule has 1 spiro atoms. The Balaban J connectivity index is 1.62. The molecule has 0 bridgehead atoms. The Hall–Kier alpha value is -1.97. The number of amides is 1. The van der Waals surface area contributed by atoms with Crippen LogP contribution in [0.3, 0.4) is 0 Å². The molecule has 2 aliphatic rings. The van der Waals surface area contributed by atoms with Gasteiger partial charge in [-0.3, -0.25) is 9.69 Å². The van der Waals surface area contributed by atoms with E-state index >= 15 is 0 Å². The summed E-state index contributed by atoms with van der Waals surface area (Å²) in [6.45, 7) is 7.62. The average Bonchev–Trinajstić information content (AvgIpc) is 2.62. The molecule has 0 N–H and O–H groups in total. The number of nitriles is 1. The molecule has 6 heteroatoms. The first kappa shape index (κ1) is 17.8. The number of likely N-dealkylation sites (N-methyl/N-ethyl adjacent to an activating group) is 1. The average molecular weight is 345 g/mol. The number of morpholine rings is 1. The number of carbonyl (C=O) groups excluding carboxylic acids is 1. The standard InChI is InChI=1S/C19H24FN3O2/c1-3-23-13-19(25-14(2)18(23)24)6-8-22(9-7-19)12-15-4-5-17(20)16(10-15)11-21/h4-5,10,14H,3,6-9,12-13H2,1-2H3. The molecular weight excluding hydrogens is 321 g/mol. The van der Waals surface area contributed by atoms with Gasteiger partial charge < -0.3 is 9.64 Å². The molecule has 0 saturated carbocycles. The molecule has 25 heavy (non-hydrogen) atoms. The van der Waals surface area contributed by atoms with Gasteiger partial charge in [-0.05, 0) is 44.4 Å². The Labute approximate surface area is 148 Å². The molecule has 1 atom stereocenters. The molecule has 0 aromatic heterocycles. The predicted octanol–water partition coefficient (Wildman–Crippen LogP) is 2.30. The Morgan fingerprint density at radius 1 is 1.40 bits per heavy atom. The first-order chi connectivity index (χ1) is 12.0. The number of hydrogen-bond donors (Lipinski definition) is 0. The topological polar surface area (TPSA) is 56.6 Å². The summed E-state index contributed by atoms with van der Waals surface area (Å²) in [6.07, 6.45) is 1.36. The van der Waals surface area contributed by atoms with Crippen LogP contribution in [0.5, 0.6) is 0 Å². The van der Waals surface area contributed by atoms with Gasteiger partial charge in [-0.15, -0.1) is 0 Å². The van der Waals surface area contributed by atoms with E-state index in [2.05, 4.69) is 4.90 Å². The highest BCUT2D eigenvalue weighted by Crippen LogP contribution is 2.33. The van der Waals surface area contributed by atoms with Gasteiger partial charge in [-0.2, -0.15) is 5.26 Å². The lowest BCUT2D eigenvalue weighted by molar-refractivity contribution is -0.189. The second kappa shape index (κ2) is 7.11. The number of likely N-dealkylation sites (tertiary alicyclic amines) is 1. The summed E-state index contributed by atoms with van der Waals surface area (Å²) in [5.41, 5.74) is 0.783. The second-order valence-electron chi connectivity index (χ2n) is 7.00. The summed E-state index contributed by atoms with van der Waals surface area (Å²) in [7, 11) is 0. The van der Waals surface area contributed by atoms with Crippen LogP contribution in [0.4, 0.5) is 4.39 Å². The SMILES string of the molecule is CCN1CC2(CCN(Cc3ccc(F)c(C#N)c3)CC2)OC(C)C1=O. The van der Waals surface area contributed by atoms with E-state index in [1.807, 2.05) is 24.8 Å². The fraction of sp³-hybridized carbons (Fsp3) is 0.579. The van der Waals surface area contributed by atoms with Gasteiger partial charge >= 0.3 is 0 Å². The van der Waals surface area contributed by atoms with E-state index in [9.17, 15) is 9.18 Å². The van der Waals surface area contributed by atoms with E-state index in [-0.39, 0.29) is 23.2 Å². The van der Waals surface area contributed by atoms with Crippen molar-refractivity contribution in [2.75, 3.05) is 26.2 Å². The van der Waals surface area contributed by atoms with Crippen molar-refractivity contribution in [3.05, 3.63) is 35.1 Å². The molecule has 2 saturated heterocycles. The predicted molar refractivity (Wildman–Crippen MR) is 91.2 cm³/mol. The van der Waals surface area contributed by atoms with Gasteiger partial charge in [-0.25, -0.2) is 4.39 Å². The number of benzene rings is 1. The molecular formula is C19H24FN3O2. The Morgan fingerprint density at radius 2 is 2.12 bits per heavy atom. The first-order valence-electron chi connectivity index (χ1n) is 8.84. The molecule has 1 amide bonds. The highest BCUT2D eigenvalue weighted by atomic mass is 19.1. The summed E-state index contributed by atoms with van der Waals surface area (Å²) < 4.78 is 19.5. The number of ether oxygens (including phenoxy) is 1. The highest BCUT2D eigenvalue weighted by Gasteiger charge is 2.44. The minimum absolute atomic E-state index is 0.0749. The summed E-state index contributed by atoms with van der Waals surface area (Å²) in [6, 6.07) is 6.60. The fourth-order valence-electron chi connectivity index (χ4n) is 3.82. The molecule has 0 radical (unpaired) electrons. The lowest BCUT2D eigenvalue weighted by Crippen LogP contribution is -2.61. The maximum Gasteiger partial charge on any atom is 0.251 e. The van der Waals surface area contributed by atoms with E-state index in [1.54, 1.807) is 12.1 Å². The number of piperidine rings is 1. The number of halogens is 1. The highest BCUT2D eigenvalue weighted by molar-refractivity contribution is 5.81. The fourth-order valence-corrected chi connectivity index (χ4v) is 3.82. The molecule has 2 aliphatic heterocycles. The molecule has 134 valence electrons. The summed E-state index contributed by atoms with van der Waals surface area (Å²) in [5.74, 6) is -0.399. The second-order valence-corrected chi connectivity index (χ2v) is 7.00.